The minimum absolute atomic E-state index is 0.0234. The lowest BCUT2D eigenvalue weighted by Gasteiger charge is -2.39. The number of ether oxygens (including phenoxy) is 4. The number of rotatable bonds is 6. The number of imide groups is 1. The summed E-state index contributed by atoms with van der Waals surface area (Å²) in [5.41, 5.74) is -0.265. The van der Waals surface area contributed by atoms with Gasteiger partial charge < -0.3 is 24.1 Å². The van der Waals surface area contributed by atoms with Crippen LogP contribution in [0.3, 0.4) is 0 Å². The van der Waals surface area contributed by atoms with Crippen LogP contribution in [-0.2, 0) is 25.2 Å². The van der Waals surface area contributed by atoms with Gasteiger partial charge in [-0.1, -0.05) is 84.4 Å². The summed E-state index contributed by atoms with van der Waals surface area (Å²) < 4.78 is 23.0. The molecule has 10 rings (SSSR count). The molecule has 10 nitrogen and oxygen atoms in total. The van der Waals surface area contributed by atoms with Gasteiger partial charge in [-0.15, -0.1) is 0 Å². The normalized spacial score (nSPS) is 24.7. The van der Waals surface area contributed by atoms with Crippen molar-refractivity contribution in [1.29, 1.82) is 0 Å². The Hall–Kier alpha value is -6.39. The van der Waals surface area contributed by atoms with Crippen LogP contribution < -0.4 is 23.8 Å². The number of carboxylic acids is 1. The van der Waals surface area contributed by atoms with Crippen molar-refractivity contribution >= 4 is 52.0 Å². The third kappa shape index (κ3) is 3.93. The van der Waals surface area contributed by atoms with Crippen LogP contribution in [0, 0.1) is 11.8 Å². The Kier molecular flexibility index (Phi) is 6.54. The Morgan fingerprint density at radius 3 is 1.57 bits per heavy atom. The summed E-state index contributed by atoms with van der Waals surface area (Å²) in [5.74, 6) is -3.33. The van der Waals surface area contributed by atoms with Gasteiger partial charge in [0.25, 0.3) is 0 Å². The van der Waals surface area contributed by atoms with E-state index in [4.69, 9.17) is 30.5 Å². The lowest BCUT2D eigenvalue weighted by molar-refractivity contribution is -0.130. The summed E-state index contributed by atoms with van der Waals surface area (Å²) in [4.78, 5) is 60.0. The molecule has 5 aromatic carbocycles. The lowest BCUT2D eigenvalue weighted by Crippen LogP contribution is -2.45. The summed E-state index contributed by atoms with van der Waals surface area (Å²) >= 11 is 6.24. The second-order valence-electron chi connectivity index (χ2n) is 13.5. The maximum atomic E-state index is 16.2. The molecule has 2 bridgehead atoms. The van der Waals surface area contributed by atoms with E-state index in [1.165, 1.54) is 18.2 Å². The fourth-order valence-electron chi connectivity index (χ4n) is 9.30. The van der Waals surface area contributed by atoms with Gasteiger partial charge in [-0.05, 0) is 75.9 Å². The molecule has 0 radical (unpaired) electrons. The number of hydrogen-bond acceptors (Lipinski definition) is 8. The van der Waals surface area contributed by atoms with Crippen LogP contribution in [-0.4, -0.2) is 42.3 Å². The molecule has 2 amide bonds. The average molecular weight is 724 g/mol. The number of aromatic carboxylic acids is 1. The number of allylic oxidation sites excluding steroid dienone is 2. The van der Waals surface area contributed by atoms with Crippen molar-refractivity contribution in [3.05, 3.63) is 148 Å². The molecule has 0 aromatic heterocycles. The number of amides is 2. The number of nitrogens with zero attached hydrogens (tertiary/aromatic N) is 1. The van der Waals surface area contributed by atoms with E-state index in [1.807, 2.05) is 84.9 Å². The molecule has 53 heavy (non-hydrogen) atoms. The number of halogens is 1. The van der Waals surface area contributed by atoms with Crippen LogP contribution >= 0.6 is 11.6 Å². The standard InChI is InChI=1S/C42H26ClNO9/c43-28-14-13-26(19-27(28)39(47)48)44-37(45)35-36(38(44)46)42(25-9-5-2-6-10-25)34(23-12-16-30-32(18-23)53-21-51-30)33(22-11-15-29-31(17-22)52-20-50-29)41(35,40(42)49)24-7-3-1-4-8-24/h1-19,35-36H,20-21H2,(H,47,48)/t35-,36-,41-,42+/m0/s1. The summed E-state index contributed by atoms with van der Waals surface area (Å²) in [6.07, 6.45) is 0. The van der Waals surface area contributed by atoms with E-state index in [0.717, 1.165) is 4.90 Å². The maximum Gasteiger partial charge on any atom is 0.337 e. The lowest BCUT2D eigenvalue weighted by atomic mass is 9.59. The van der Waals surface area contributed by atoms with Gasteiger partial charge in [0.1, 0.15) is 0 Å². The molecule has 4 atom stereocenters. The highest BCUT2D eigenvalue weighted by molar-refractivity contribution is 6.39. The van der Waals surface area contributed by atoms with Crippen molar-refractivity contribution in [1.82, 2.24) is 0 Å². The molecule has 5 aliphatic rings. The van der Waals surface area contributed by atoms with E-state index in [9.17, 15) is 9.90 Å². The zero-order valence-corrected chi connectivity index (χ0v) is 28.3. The first kappa shape index (κ1) is 31.4. The van der Waals surface area contributed by atoms with Crippen LogP contribution in [0.2, 0.25) is 5.02 Å². The van der Waals surface area contributed by atoms with E-state index in [0.29, 0.717) is 56.4 Å². The van der Waals surface area contributed by atoms with Crippen LogP contribution in [0.15, 0.2) is 115 Å². The molecule has 11 heteroatoms. The molecule has 3 heterocycles. The maximum absolute atomic E-state index is 16.2. The van der Waals surface area contributed by atoms with E-state index in [-0.39, 0.29) is 35.6 Å². The summed E-state index contributed by atoms with van der Waals surface area (Å²) in [6, 6.07) is 33.0. The number of carbonyl (C=O) groups excluding carboxylic acids is 3. The fourth-order valence-corrected chi connectivity index (χ4v) is 9.50. The predicted octanol–water partition coefficient (Wildman–Crippen LogP) is 6.68. The van der Waals surface area contributed by atoms with Crippen molar-refractivity contribution < 1.29 is 43.2 Å². The average Bonchev–Trinajstić information content (AvgIpc) is 3.99. The fraction of sp³-hybridized carbons (Fsp3) is 0.143. The topological polar surface area (TPSA) is 129 Å². The number of ketones is 1. The minimum atomic E-state index is -1.70. The molecule has 1 saturated carbocycles. The first-order chi connectivity index (χ1) is 25.8. The molecule has 0 spiro atoms. The van der Waals surface area contributed by atoms with Gasteiger partial charge in [-0.2, -0.15) is 0 Å². The van der Waals surface area contributed by atoms with Crippen LogP contribution in [0.4, 0.5) is 5.69 Å². The van der Waals surface area contributed by atoms with Gasteiger partial charge in [-0.25, -0.2) is 9.69 Å². The highest BCUT2D eigenvalue weighted by Gasteiger charge is 2.82. The highest BCUT2D eigenvalue weighted by Crippen LogP contribution is 2.74. The molecule has 2 aliphatic carbocycles. The Morgan fingerprint density at radius 1 is 0.623 bits per heavy atom. The van der Waals surface area contributed by atoms with E-state index < -0.39 is 40.4 Å². The molecule has 3 aliphatic heterocycles. The van der Waals surface area contributed by atoms with Crippen molar-refractivity contribution in [2.75, 3.05) is 18.5 Å². The number of fused-ring (bicyclic) bond motifs is 7. The van der Waals surface area contributed by atoms with Gasteiger partial charge in [0, 0.05) is 0 Å². The van der Waals surface area contributed by atoms with Gasteiger partial charge in [-0.3, -0.25) is 14.4 Å². The molecule has 2 fully saturated rings. The highest BCUT2D eigenvalue weighted by atomic mass is 35.5. The number of carbonyl (C=O) groups is 4. The SMILES string of the molecule is O=C(O)c1cc(N2C(=O)[C@@H]3[C@@H](C2=O)[C@]2(c4ccccc4)C(=O)[C@@]3(c3ccccc3)C(c3ccc4c(c3)OCO4)=C2c2ccc3c(c2)OCO3)ccc1Cl. The third-order valence-electron chi connectivity index (χ3n) is 11.2. The van der Waals surface area contributed by atoms with Crippen molar-refractivity contribution in [2.24, 2.45) is 11.8 Å². The van der Waals surface area contributed by atoms with E-state index >= 15 is 14.4 Å². The molecule has 1 N–H and O–H groups in total. The van der Waals surface area contributed by atoms with Gasteiger partial charge in [0.2, 0.25) is 25.4 Å². The third-order valence-corrected chi connectivity index (χ3v) is 11.5. The van der Waals surface area contributed by atoms with Crippen molar-refractivity contribution in [3.8, 4) is 23.0 Å². The van der Waals surface area contributed by atoms with E-state index in [1.54, 1.807) is 12.1 Å². The Labute approximate surface area is 306 Å². The second kappa shape index (κ2) is 11.1. The molecule has 260 valence electrons. The quantitative estimate of drug-likeness (QED) is 0.191. The summed E-state index contributed by atoms with van der Waals surface area (Å²) in [5, 5.41) is 9.88. The van der Waals surface area contributed by atoms with Crippen molar-refractivity contribution in [3.63, 3.8) is 0 Å². The largest absolute Gasteiger partial charge is 0.478 e. The van der Waals surface area contributed by atoms with Crippen LogP contribution in [0.1, 0.15) is 32.6 Å². The van der Waals surface area contributed by atoms with Crippen molar-refractivity contribution in [2.45, 2.75) is 10.8 Å². The van der Waals surface area contributed by atoms with E-state index in [2.05, 4.69) is 0 Å². The number of anilines is 1. The minimum Gasteiger partial charge on any atom is -0.478 e. The smallest absolute Gasteiger partial charge is 0.337 e. The number of carboxylic acid groups (broad SMARTS) is 1. The second-order valence-corrected chi connectivity index (χ2v) is 13.9. The summed E-state index contributed by atoms with van der Waals surface area (Å²) in [6.45, 7) is 0.0469. The Bertz CT molecular complexity index is 2360. The molecule has 5 aromatic rings. The molecular formula is C42H26ClNO9. The van der Waals surface area contributed by atoms with Crippen LogP contribution in [0.5, 0.6) is 23.0 Å². The first-order valence-electron chi connectivity index (χ1n) is 16.9. The predicted molar refractivity (Wildman–Crippen MR) is 191 cm³/mol. The van der Waals surface area contributed by atoms with Gasteiger partial charge in [0.15, 0.2) is 28.8 Å². The number of Topliss-reactive ketones (excluding diaryl/α,β-unsaturated/α-hetero) is 1. The van der Waals surface area contributed by atoms with Gasteiger partial charge >= 0.3 is 5.97 Å². The zero-order chi connectivity index (χ0) is 36.2. The Balaban J connectivity index is 1.35. The molecular weight excluding hydrogens is 698 g/mol. The van der Waals surface area contributed by atoms with Gasteiger partial charge in [0.05, 0.1) is 38.9 Å². The molecule has 0 unspecified atom stereocenters. The van der Waals surface area contributed by atoms with Crippen LogP contribution in [0.25, 0.3) is 11.1 Å². The zero-order valence-electron chi connectivity index (χ0n) is 27.6. The summed E-state index contributed by atoms with van der Waals surface area (Å²) in [7, 11) is 0. The monoisotopic (exact) mass is 723 g/mol. The Morgan fingerprint density at radius 2 is 1.09 bits per heavy atom. The number of benzene rings is 5. The molecule has 1 saturated heterocycles. The first-order valence-corrected chi connectivity index (χ1v) is 17.3. The number of hydrogen-bond donors (Lipinski definition) is 1.